The minimum Gasteiger partial charge on any atom is -0.497 e. The van der Waals surface area contributed by atoms with Crippen LogP contribution in [0.2, 0.25) is 0 Å². The predicted molar refractivity (Wildman–Crippen MR) is 154 cm³/mol. The number of ether oxygens (including phenoxy) is 2. The monoisotopic (exact) mass is 569 g/mol. The zero-order chi connectivity index (χ0) is 28.5. The molecule has 0 bridgehead atoms. The number of aromatic nitrogens is 3. The highest BCUT2D eigenvalue weighted by Gasteiger charge is 2.27. The Morgan fingerprint density at radius 1 is 1.18 bits per heavy atom. The van der Waals surface area contributed by atoms with E-state index in [1.165, 1.54) is 23.9 Å². The van der Waals surface area contributed by atoms with E-state index in [1.807, 2.05) is 38.1 Å². The van der Waals surface area contributed by atoms with E-state index in [0.717, 1.165) is 23.7 Å². The van der Waals surface area contributed by atoms with Crippen LogP contribution in [0.5, 0.6) is 5.75 Å². The smallest absolute Gasteiger partial charge is 0.246 e. The molecule has 1 aliphatic rings. The first-order valence-electron chi connectivity index (χ1n) is 13.3. The summed E-state index contributed by atoms with van der Waals surface area (Å²) >= 11 is 1.32. The number of carbonyl (C=O) groups is 1. The first-order valence-corrected chi connectivity index (χ1v) is 14.1. The van der Waals surface area contributed by atoms with Gasteiger partial charge in [-0.2, -0.15) is 15.0 Å². The SMILES string of the molecule is COc1ccc(Sc2nc(Nc3cccc(F)c3)nc(N(CCN3CCOCC3)C(=O)[C@@H](N)CC(C)C)n2)cc1. The third-order valence-corrected chi connectivity index (χ3v) is 7.12. The summed E-state index contributed by atoms with van der Waals surface area (Å²) in [5.41, 5.74) is 6.83. The fourth-order valence-electron chi connectivity index (χ4n) is 4.20. The Kier molecular flexibility index (Phi) is 10.6. The van der Waals surface area contributed by atoms with Crippen molar-refractivity contribution >= 4 is 35.3 Å². The lowest BCUT2D eigenvalue weighted by molar-refractivity contribution is -0.120. The van der Waals surface area contributed by atoms with E-state index in [9.17, 15) is 9.18 Å². The van der Waals surface area contributed by atoms with Crippen LogP contribution in [-0.2, 0) is 9.53 Å². The van der Waals surface area contributed by atoms with Gasteiger partial charge in [-0.15, -0.1) is 0 Å². The quantitative estimate of drug-likeness (QED) is 0.332. The van der Waals surface area contributed by atoms with Crippen molar-refractivity contribution in [3.05, 3.63) is 54.3 Å². The number of rotatable bonds is 12. The molecule has 4 rings (SSSR count). The number of anilines is 3. The third kappa shape index (κ3) is 8.59. The fraction of sp³-hybridized carbons (Fsp3) is 0.429. The van der Waals surface area contributed by atoms with Crippen molar-refractivity contribution in [2.75, 3.05) is 56.7 Å². The van der Waals surface area contributed by atoms with Gasteiger partial charge in [0.05, 0.1) is 26.4 Å². The topological polar surface area (TPSA) is 119 Å². The van der Waals surface area contributed by atoms with E-state index in [0.29, 0.717) is 43.6 Å². The highest BCUT2D eigenvalue weighted by molar-refractivity contribution is 7.99. The lowest BCUT2D eigenvalue weighted by Crippen LogP contribution is -2.49. The number of amides is 1. The molecule has 0 saturated carbocycles. The van der Waals surface area contributed by atoms with E-state index >= 15 is 0 Å². The van der Waals surface area contributed by atoms with Crippen molar-refractivity contribution < 1.29 is 18.7 Å². The molecule has 0 unspecified atom stereocenters. The van der Waals surface area contributed by atoms with Gasteiger partial charge in [0.2, 0.25) is 17.8 Å². The van der Waals surface area contributed by atoms with Crippen LogP contribution in [0.1, 0.15) is 20.3 Å². The minimum atomic E-state index is -0.709. The Morgan fingerprint density at radius 2 is 1.93 bits per heavy atom. The molecule has 1 aromatic heterocycles. The van der Waals surface area contributed by atoms with Crippen LogP contribution in [0.25, 0.3) is 0 Å². The second kappa shape index (κ2) is 14.4. The number of morpholine rings is 1. The summed E-state index contributed by atoms with van der Waals surface area (Å²) in [6, 6.07) is 12.8. The molecule has 0 aliphatic carbocycles. The highest BCUT2D eigenvalue weighted by atomic mass is 32.2. The number of carbonyl (C=O) groups excluding carboxylic acids is 1. The van der Waals surface area contributed by atoms with Crippen LogP contribution in [0.3, 0.4) is 0 Å². The molecular weight excluding hydrogens is 533 g/mol. The summed E-state index contributed by atoms with van der Waals surface area (Å²) in [7, 11) is 1.61. The Morgan fingerprint density at radius 3 is 2.60 bits per heavy atom. The van der Waals surface area contributed by atoms with Gasteiger partial charge in [0, 0.05) is 36.8 Å². The van der Waals surface area contributed by atoms with Gasteiger partial charge in [0.15, 0.2) is 5.16 Å². The first-order chi connectivity index (χ1) is 19.3. The molecule has 1 amide bonds. The maximum absolute atomic E-state index is 13.9. The van der Waals surface area contributed by atoms with Crippen molar-refractivity contribution in [3.63, 3.8) is 0 Å². The normalized spacial score (nSPS) is 14.7. The Labute approximate surface area is 238 Å². The highest BCUT2D eigenvalue weighted by Crippen LogP contribution is 2.29. The van der Waals surface area contributed by atoms with Crippen molar-refractivity contribution in [1.29, 1.82) is 0 Å². The molecule has 214 valence electrons. The Bertz CT molecular complexity index is 1260. The van der Waals surface area contributed by atoms with Crippen LogP contribution in [0, 0.1) is 11.7 Å². The maximum atomic E-state index is 13.9. The molecule has 1 aliphatic heterocycles. The number of benzene rings is 2. The second-order valence-corrected chi connectivity index (χ2v) is 10.9. The van der Waals surface area contributed by atoms with E-state index in [2.05, 4.69) is 25.2 Å². The van der Waals surface area contributed by atoms with Crippen LogP contribution >= 0.6 is 11.8 Å². The number of hydrogen-bond donors (Lipinski definition) is 2. The molecule has 12 heteroatoms. The number of nitrogens with zero attached hydrogens (tertiary/aromatic N) is 5. The minimum absolute atomic E-state index is 0.183. The Hall–Kier alpha value is -3.32. The van der Waals surface area contributed by atoms with Gasteiger partial charge in [-0.3, -0.25) is 14.6 Å². The number of methoxy groups -OCH3 is 1. The molecule has 2 aromatic carbocycles. The van der Waals surface area contributed by atoms with Crippen LogP contribution in [0.15, 0.2) is 58.6 Å². The van der Waals surface area contributed by atoms with Gasteiger partial charge in [0.25, 0.3) is 0 Å². The molecule has 40 heavy (non-hydrogen) atoms. The molecule has 1 atom stereocenters. The van der Waals surface area contributed by atoms with Crippen LogP contribution in [0.4, 0.5) is 22.0 Å². The van der Waals surface area contributed by atoms with Gasteiger partial charge >= 0.3 is 0 Å². The number of nitrogens with two attached hydrogens (primary N) is 1. The van der Waals surface area contributed by atoms with Gasteiger partial charge in [0.1, 0.15) is 11.6 Å². The largest absolute Gasteiger partial charge is 0.497 e. The molecule has 10 nitrogen and oxygen atoms in total. The van der Waals surface area contributed by atoms with E-state index in [1.54, 1.807) is 24.1 Å². The lowest BCUT2D eigenvalue weighted by atomic mass is 10.0. The summed E-state index contributed by atoms with van der Waals surface area (Å²) in [5, 5.41) is 3.43. The van der Waals surface area contributed by atoms with Crippen LogP contribution in [-0.4, -0.2) is 78.3 Å². The molecule has 3 aromatic rings. The van der Waals surface area contributed by atoms with E-state index < -0.39 is 11.9 Å². The summed E-state index contributed by atoms with van der Waals surface area (Å²) < 4.78 is 24.6. The molecule has 1 saturated heterocycles. The summed E-state index contributed by atoms with van der Waals surface area (Å²) in [4.78, 5) is 32.2. The number of nitrogens with one attached hydrogen (secondary N) is 1. The zero-order valence-electron chi connectivity index (χ0n) is 23.0. The maximum Gasteiger partial charge on any atom is 0.246 e. The van der Waals surface area contributed by atoms with Crippen LogP contribution < -0.4 is 20.7 Å². The predicted octanol–water partition coefficient (Wildman–Crippen LogP) is 3.95. The first kappa shape index (κ1) is 29.7. The Balaban J connectivity index is 1.68. The summed E-state index contributed by atoms with van der Waals surface area (Å²) in [5.74, 6) is 0.688. The van der Waals surface area contributed by atoms with Gasteiger partial charge in [-0.25, -0.2) is 4.39 Å². The molecule has 0 radical (unpaired) electrons. The molecule has 3 N–H and O–H groups in total. The number of hydrogen-bond acceptors (Lipinski definition) is 10. The fourth-order valence-corrected chi connectivity index (χ4v) is 4.94. The second-order valence-electron chi connectivity index (χ2n) is 9.83. The van der Waals surface area contributed by atoms with Gasteiger partial charge in [-0.1, -0.05) is 19.9 Å². The van der Waals surface area contributed by atoms with Crippen molar-refractivity contribution in [3.8, 4) is 5.75 Å². The molecule has 2 heterocycles. The van der Waals surface area contributed by atoms with E-state index in [4.69, 9.17) is 15.2 Å². The zero-order valence-corrected chi connectivity index (χ0v) is 23.9. The van der Waals surface area contributed by atoms with Crippen molar-refractivity contribution in [2.45, 2.75) is 36.4 Å². The van der Waals surface area contributed by atoms with Crippen molar-refractivity contribution in [2.24, 2.45) is 11.7 Å². The van der Waals surface area contributed by atoms with E-state index in [-0.39, 0.29) is 23.7 Å². The molecule has 1 fully saturated rings. The number of halogens is 1. The summed E-state index contributed by atoms with van der Waals surface area (Å²) in [6.07, 6.45) is 0.528. The van der Waals surface area contributed by atoms with Crippen molar-refractivity contribution in [1.82, 2.24) is 19.9 Å². The average Bonchev–Trinajstić information content (AvgIpc) is 2.93. The third-order valence-electron chi connectivity index (χ3n) is 6.25. The molecule has 0 spiro atoms. The molecular formula is C28H36FN7O3S. The van der Waals surface area contributed by atoms with Gasteiger partial charge in [-0.05, 0) is 66.6 Å². The average molecular weight is 570 g/mol. The van der Waals surface area contributed by atoms with Gasteiger partial charge < -0.3 is 20.5 Å². The lowest BCUT2D eigenvalue weighted by Gasteiger charge is -2.30. The standard InChI is InChI=1S/C28H36FN7O3S/c1-19(2)17-24(30)25(37)36(12-11-35-13-15-39-16-14-35)27-32-26(31-21-6-4-5-20(29)18-21)33-28(34-27)40-23-9-7-22(38-3)8-10-23/h4-10,18-19,24H,11-17,30H2,1-3H3,(H,31,32,33,34)/t24-/m0/s1. The summed E-state index contributed by atoms with van der Waals surface area (Å²) in [6.45, 7) is 7.87.